The van der Waals surface area contributed by atoms with E-state index in [1.54, 1.807) is 0 Å². The number of aryl methyl sites for hydroxylation is 3. The standard InChI is InChI=1S/C20H25N3O2/c1-14-8-4-5-9-16(14)21-20(25)19-15(2)13-22(3)17(19)12-18(24)23-10-6-7-11-23/h4-5,8-9,13H,6-7,10-12H2,1-3H3,(H,21,25). The summed E-state index contributed by atoms with van der Waals surface area (Å²) in [6.07, 6.45) is 4.32. The number of nitrogens with one attached hydrogen (secondary N) is 1. The van der Waals surface area contributed by atoms with E-state index in [4.69, 9.17) is 0 Å². The number of hydrogen-bond acceptors (Lipinski definition) is 2. The number of para-hydroxylation sites is 1. The fourth-order valence-corrected chi connectivity index (χ4v) is 3.48. The molecule has 25 heavy (non-hydrogen) atoms. The predicted octanol–water partition coefficient (Wildman–Crippen LogP) is 3.06. The first-order chi connectivity index (χ1) is 12.0. The van der Waals surface area contributed by atoms with E-state index < -0.39 is 0 Å². The Morgan fingerprint density at radius 3 is 2.44 bits per heavy atom. The van der Waals surface area contributed by atoms with Crippen LogP contribution < -0.4 is 5.32 Å². The lowest BCUT2D eigenvalue weighted by Gasteiger charge is -2.16. The van der Waals surface area contributed by atoms with Crippen molar-refractivity contribution in [2.45, 2.75) is 33.1 Å². The van der Waals surface area contributed by atoms with E-state index in [-0.39, 0.29) is 18.2 Å². The number of carbonyl (C=O) groups is 2. The van der Waals surface area contributed by atoms with Crippen LogP contribution in [-0.2, 0) is 18.3 Å². The zero-order chi connectivity index (χ0) is 18.0. The van der Waals surface area contributed by atoms with Crippen molar-refractivity contribution in [2.24, 2.45) is 7.05 Å². The van der Waals surface area contributed by atoms with Crippen molar-refractivity contribution >= 4 is 17.5 Å². The molecular formula is C20H25N3O2. The van der Waals surface area contributed by atoms with E-state index in [1.165, 1.54) is 0 Å². The molecule has 5 nitrogen and oxygen atoms in total. The van der Waals surface area contributed by atoms with Crippen LogP contribution >= 0.6 is 0 Å². The third-order valence-electron chi connectivity index (χ3n) is 4.89. The monoisotopic (exact) mass is 339 g/mol. The van der Waals surface area contributed by atoms with Crippen LogP contribution in [-0.4, -0.2) is 34.4 Å². The van der Waals surface area contributed by atoms with Crippen molar-refractivity contribution in [3.8, 4) is 0 Å². The van der Waals surface area contributed by atoms with Crippen molar-refractivity contribution < 1.29 is 9.59 Å². The van der Waals surface area contributed by atoms with Gasteiger partial charge in [-0.25, -0.2) is 0 Å². The van der Waals surface area contributed by atoms with Gasteiger partial charge in [-0.15, -0.1) is 0 Å². The van der Waals surface area contributed by atoms with E-state index in [9.17, 15) is 9.59 Å². The van der Waals surface area contributed by atoms with Crippen molar-refractivity contribution in [2.75, 3.05) is 18.4 Å². The minimum atomic E-state index is -0.156. The molecule has 1 saturated heterocycles. The maximum absolute atomic E-state index is 12.9. The molecule has 1 aromatic heterocycles. The highest BCUT2D eigenvalue weighted by Gasteiger charge is 2.24. The Bertz CT molecular complexity index is 801. The van der Waals surface area contributed by atoms with E-state index in [0.717, 1.165) is 48.4 Å². The lowest BCUT2D eigenvalue weighted by Crippen LogP contribution is -2.30. The van der Waals surface area contributed by atoms with Crippen LogP contribution in [0.15, 0.2) is 30.5 Å². The van der Waals surface area contributed by atoms with E-state index >= 15 is 0 Å². The molecule has 1 fully saturated rings. The van der Waals surface area contributed by atoms with Gasteiger partial charge in [0.1, 0.15) is 0 Å². The first-order valence-electron chi connectivity index (χ1n) is 8.77. The van der Waals surface area contributed by atoms with Crippen LogP contribution in [0.4, 0.5) is 5.69 Å². The van der Waals surface area contributed by atoms with Gasteiger partial charge in [0.2, 0.25) is 5.91 Å². The Morgan fingerprint density at radius 2 is 1.76 bits per heavy atom. The third-order valence-corrected chi connectivity index (χ3v) is 4.89. The molecule has 2 heterocycles. The Balaban J connectivity index is 1.84. The second kappa shape index (κ2) is 7.13. The molecule has 0 saturated carbocycles. The molecule has 1 aliphatic heterocycles. The van der Waals surface area contributed by atoms with Gasteiger partial charge in [-0.3, -0.25) is 9.59 Å². The van der Waals surface area contributed by atoms with Crippen LogP contribution in [0.5, 0.6) is 0 Å². The Morgan fingerprint density at radius 1 is 1.08 bits per heavy atom. The number of aromatic nitrogens is 1. The minimum Gasteiger partial charge on any atom is -0.353 e. The summed E-state index contributed by atoms with van der Waals surface area (Å²) >= 11 is 0. The highest BCUT2D eigenvalue weighted by molar-refractivity contribution is 6.07. The highest BCUT2D eigenvalue weighted by Crippen LogP contribution is 2.22. The fraction of sp³-hybridized carbons (Fsp3) is 0.400. The van der Waals surface area contributed by atoms with Gasteiger partial charge in [-0.2, -0.15) is 0 Å². The molecule has 0 unspecified atom stereocenters. The smallest absolute Gasteiger partial charge is 0.257 e. The number of carbonyl (C=O) groups excluding carboxylic acids is 2. The molecule has 0 spiro atoms. The Labute approximate surface area is 148 Å². The number of amides is 2. The maximum Gasteiger partial charge on any atom is 0.257 e. The van der Waals surface area contributed by atoms with Crippen LogP contribution in [0.1, 0.15) is 40.0 Å². The zero-order valence-electron chi connectivity index (χ0n) is 15.1. The normalized spacial score (nSPS) is 14.0. The lowest BCUT2D eigenvalue weighted by molar-refractivity contribution is -0.129. The predicted molar refractivity (Wildman–Crippen MR) is 98.8 cm³/mol. The summed E-state index contributed by atoms with van der Waals surface area (Å²) in [6.45, 7) is 5.53. The number of nitrogens with zero attached hydrogens (tertiary/aromatic N) is 2. The summed E-state index contributed by atoms with van der Waals surface area (Å²) in [7, 11) is 1.89. The van der Waals surface area contributed by atoms with Crippen LogP contribution in [0.3, 0.4) is 0 Å². The second-order valence-corrected chi connectivity index (χ2v) is 6.78. The van der Waals surface area contributed by atoms with Gasteiger partial charge in [-0.1, -0.05) is 18.2 Å². The first kappa shape index (κ1) is 17.3. The van der Waals surface area contributed by atoms with Crippen molar-refractivity contribution in [1.29, 1.82) is 0 Å². The molecule has 1 aliphatic rings. The SMILES string of the molecule is Cc1ccccc1NC(=O)c1c(C)cn(C)c1CC(=O)N1CCCC1. The molecule has 1 aromatic carbocycles. The second-order valence-electron chi connectivity index (χ2n) is 6.78. The summed E-state index contributed by atoms with van der Waals surface area (Å²) in [5, 5.41) is 2.99. The summed E-state index contributed by atoms with van der Waals surface area (Å²) in [5.41, 5.74) is 4.09. The minimum absolute atomic E-state index is 0.101. The van der Waals surface area contributed by atoms with Gasteiger partial charge in [0.05, 0.1) is 12.0 Å². The number of anilines is 1. The maximum atomic E-state index is 12.9. The zero-order valence-corrected chi connectivity index (χ0v) is 15.1. The number of benzene rings is 1. The molecule has 1 N–H and O–H groups in total. The largest absolute Gasteiger partial charge is 0.353 e. The molecule has 0 radical (unpaired) electrons. The summed E-state index contributed by atoms with van der Waals surface area (Å²) in [4.78, 5) is 27.3. The Hall–Kier alpha value is -2.56. The van der Waals surface area contributed by atoms with Gasteiger partial charge in [-0.05, 0) is 43.9 Å². The van der Waals surface area contributed by atoms with Crippen molar-refractivity contribution in [3.05, 3.63) is 52.8 Å². The van der Waals surface area contributed by atoms with Gasteiger partial charge < -0.3 is 14.8 Å². The Kier molecular flexibility index (Phi) is 4.93. The molecule has 2 aromatic rings. The quantitative estimate of drug-likeness (QED) is 0.931. The van der Waals surface area contributed by atoms with Crippen molar-refractivity contribution in [3.63, 3.8) is 0 Å². The molecular weight excluding hydrogens is 314 g/mol. The number of rotatable bonds is 4. The van der Waals surface area contributed by atoms with E-state index in [2.05, 4.69) is 5.32 Å². The average molecular weight is 339 g/mol. The average Bonchev–Trinajstić information content (AvgIpc) is 3.18. The van der Waals surface area contributed by atoms with Crippen LogP contribution in [0.2, 0.25) is 0 Å². The fourth-order valence-electron chi connectivity index (χ4n) is 3.48. The van der Waals surface area contributed by atoms with Crippen LogP contribution in [0, 0.1) is 13.8 Å². The number of likely N-dealkylation sites (tertiary alicyclic amines) is 1. The van der Waals surface area contributed by atoms with Gasteiger partial charge in [0, 0.05) is 37.7 Å². The van der Waals surface area contributed by atoms with Gasteiger partial charge in [0.15, 0.2) is 0 Å². The summed E-state index contributed by atoms with van der Waals surface area (Å²) in [6, 6.07) is 7.70. The summed E-state index contributed by atoms with van der Waals surface area (Å²) < 4.78 is 1.90. The summed E-state index contributed by atoms with van der Waals surface area (Å²) in [5.74, 6) is -0.0553. The molecule has 0 bridgehead atoms. The molecule has 5 heteroatoms. The molecule has 3 rings (SSSR count). The molecule has 0 atom stereocenters. The number of hydrogen-bond donors (Lipinski definition) is 1. The lowest BCUT2D eigenvalue weighted by atomic mass is 10.1. The van der Waals surface area contributed by atoms with Crippen molar-refractivity contribution in [1.82, 2.24) is 9.47 Å². The molecule has 132 valence electrons. The highest BCUT2D eigenvalue weighted by atomic mass is 16.2. The third kappa shape index (κ3) is 3.60. The van der Waals surface area contributed by atoms with Gasteiger partial charge in [0.25, 0.3) is 5.91 Å². The first-order valence-corrected chi connectivity index (χ1v) is 8.77. The topological polar surface area (TPSA) is 54.3 Å². The van der Waals surface area contributed by atoms with E-state index in [0.29, 0.717) is 5.56 Å². The van der Waals surface area contributed by atoms with Gasteiger partial charge >= 0.3 is 0 Å². The molecule has 2 amide bonds. The van der Waals surface area contributed by atoms with Crippen LogP contribution in [0.25, 0.3) is 0 Å². The molecule has 0 aliphatic carbocycles. The van der Waals surface area contributed by atoms with E-state index in [1.807, 2.05) is 60.8 Å².